The highest BCUT2D eigenvalue weighted by Crippen LogP contribution is 2.10. The number of nitrogens with one attached hydrogen (secondary N) is 2. The summed E-state index contributed by atoms with van der Waals surface area (Å²) in [7, 11) is 1.84. The second-order valence-corrected chi connectivity index (χ2v) is 6.83. The summed E-state index contributed by atoms with van der Waals surface area (Å²) in [5.74, 6) is 1.70. The molecule has 0 aromatic carbocycles. The van der Waals surface area contributed by atoms with E-state index in [9.17, 15) is 0 Å². The van der Waals surface area contributed by atoms with Crippen LogP contribution >= 0.6 is 24.0 Å². The number of rotatable bonds is 8. The van der Waals surface area contributed by atoms with Gasteiger partial charge in [0.1, 0.15) is 0 Å². The van der Waals surface area contributed by atoms with Gasteiger partial charge in [0, 0.05) is 39.8 Å². The largest absolute Gasteiger partial charge is 0.373 e. The summed E-state index contributed by atoms with van der Waals surface area (Å²) in [5, 5.41) is 6.78. The highest BCUT2D eigenvalue weighted by molar-refractivity contribution is 14.0. The van der Waals surface area contributed by atoms with E-state index in [2.05, 4.69) is 48.2 Å². The lowest BCUT2D eigenvalue weighted by atomic mass is 10.1. The predicted molar refractivity (Wildman–Crippen MR) is 110 cm³/mol. The van der Waals surface area contributed by atoms with Gasteiger partial charge in [-0.05, 0) is 39.0 Å². The average Bonchev–Trinajstić information content (AvgIpc) is 2.44. The van der Waals surface area contributed by atoms with Gasteiger partial charge in [-0.2, -0.15) is 0 Å². The van der Waals surface area contributed by atoms with E-state index in [-0.39, 0.29) is 24.0 Å². The third-order valence-corrected chi connectivity index (χ3v) is 3.91. The molecule has 1 saturated heterocycles. The smallest absolute Gasteiger partial charge is 0.190 e. The van der Waals surface area contributed by atoms with Crippen LogP contribution in [0, 0.1) is 5.92 Å². The first kappa shape index (κ1) is 22.9. The van der Waals surface area contributed by atoms with Crippen molar-refractivity contribution in [3.8, 4) is 0 Å². The van der Waals surface area contributed by atoms with Crippen molar-refractivity contribution >= 4 is 29.9 Å². The van der Waals surface area contributed by atoms with Crippen molar-refractivity contribution in [1.29, 1.82) is 0 Å². The maximum atomic E-state index is 5.76. The van der Waals surface area contributed by atoms with Crippen molar-refractivity contribution < 1.29 is 4.74 Å². The number of guanidine groups is 1. The Morgan fingerprint density at radius 2 is 1.70 bits per heavy atom. The molecule has 1 heterocycles. The van der Waals surface area contributed by atoms with E-state index in [0.717, 1.165) is 51.0 Å². The predicted octanol–water partition coefficient (Wildman–Crippen LogP) is 2.70. The highest BCUT2D eigenvalue weighted by atomic mass is 127. The van der Waals surface area contributed by atoms with Gasteiger partial charge in [-0.3, -0.25) is 9.89 Å². The molecule has 2 N–H and O–H groups in total. The van der Waals surface area contributed by atoms with E-state index in [0.29, 0.717) is 12.2 Å². The second kappa shape index (κ2) is 13.2. The number of nitrogens with zero attached hydrogens (tertiary/aromatic N) is 2. The van der Waals surface area contributed by atoms with Crippen molar-refractivity contribution in [3.05, 3.63) is 0 Å². The molecule has 1 aliphatic heterocycles. The Bertz CT molecular complexity index is 316. The Labute approximate surface area is 160 Å². The van der Waals surface area contributed by atoms with Crippen LogP contribution in [0.1, 0.15) is 47.0 Å². The van der Waals surface area contributed by atoms with Gasteiger partial charge in [0.05, 0.1) is 12.2 Å². The molecule has 138 valence electrons. The van der Waals surface area contributed by atoms with Crippen molar-refractivity contribution in [2.45, 2.75) is 59.2 Å². The Balaban J connectivity index is 0.00000484. The summed E-state index contributed by atoms with van der Waals surface area (Å²) >= 11 is 0. The molecule has 5 nitrogen and oxygen atoms in total. The first-order chi connectivity index (χ1) is 10.5. The number of hydrogen-bond acceptors (Lipinski definition) is 3. The molecule has 0 spiro atoms. The molecule has 1 fully saturated rings. The zero-order valence-corrected chi connectivity index (χ0v) is 17.9. The molecule has 23 heavy (non-hydrogen) atoms. The molecule has 0 radical (unpaired) electrons. The Kier molecular flexibility index (Phi) is 13.2. The molecule has 6 heteroatoms. The van der Waals surface area contributed by atoms with Crippen LogP contribution in [-0.2, 0) is 4.74 Å². The van der Waals surface area contributed by atoms with Gasteiger partial charge in [-0.15, -0.1) is 24.0 Å². The first-order valence-corrected chi connectivity index (χ1v) is 8.83. The number of hydrogen-bond donors (Lipinski definition) is 2. The lowest BCUT2D eigenvalue weighted by Gasteiger charge is -2.35. The monoisotopic (exact) mass is 440 g/mol. The normalized spacial score (nSPS) is 22.8. The first-order valence-electron chi connectivity index (χ1n) is 8.83. The standard InChI is InChI=1S/C17H36N4O.HI/c1-14(2)8-6-9-19-17(18-5)20-10-7-11-21-12-15(3)22-16(4)13-21;/h14-16H,6-13H2,1-5H3,(H2,18,19,20);1H. The SMILES string of the molecule is CN=C(NCCCC(C)C)NCCCN1CC(C)OC(C)C1.I. The van der Waals surface area contributed by atoms with Crippen LogP contribution in [0.15, 0.2) is 4.99 Å². The minimum absolute atomic E-state index is 0. The Morgan fingerprint density at radius 3 is 2.22 bits per heavy atom. The summed E-state index contributed by atoms with van der Waals surface area (Å²) in [6.07, 6.45) is 4.30. The zero-order chi connectivity index (χ0) is 16.4. The quantitative estimate of drug-likeness (QED) is 0.264. The van der Waals surface area contributed by atoms with Crippen LogP contribution < -0.4 is 10.6 Å². The van der Waals surface area contributed by atoms with E-state index in [1.165, 1.54) is 12.8 Å². The molecule has 2 unspecified atom stereocenters. The van der Waals surface area contributed by atoms with Crippen LogP contribution in [-0.4, -0.2) is 62.8 Å². The van der Waals surface area contributed by atoms with E-state index in [1.54, 1.807) is 0 Å². The molecule has 1 rings (SSSR count). The number of morpholine rings is 1. The maximum absolute atomic E-state index is 5.76. The average molecular weight is 440 g/mol. The molecular weight excluding hydrogens is 403 g/mol. The van der Waals surface area contributed by atoms with Crippen LogP contribution in [0.4, 0.5) is 0 Å². The van der Waals surface area contributed by atoms with Gasteiger partial charge in [-0.1, -0.05) is 13.8 Å². The molecule has 0 saturated carbocycles. The van der Waals surface area contributed by atoms with Crippen LogP contribution in [0.2, 0.25) is 0 Å². The molecule has 0 aromatic rings. The zero-order valence-electron chi connectivity index (χ0n) is 15.6. The molecule has 0 amide bonds. The topological polar surface area (TPSA) is 48.9 Å². The van der Waals surface area contributed by atoms with Gasteiger partial charge < -0.3 is 15.4 Å². The van der Waals surface area contributed by atoms with Gasteiger partial charge >= 0.3 is 0 Å². The van der Waals surface area contributed by atoms with E-state index >= 15 is 0 Å². The summed E-state index contributed by atoms with van der Waals surface area (Å²) in [6, 6.07) is 0. The van der Waals surface area contributed by atoms with Crippen LogP contribution in [0.25, 0.3) is 0 Å². The Hall–Kier alpha value is -0.0800. The fraction of sp³-hybridized carbons (Fsp3) is 0.941. The van der Waals surface area contributed by atoms with Crippen LogP contribution in [0.5, 0.6) is 0 Å². The minimum Gasteiger partial charge on any atom is -0.373 e. The van der Waals surface area contributed by atoms with Gasteiger partial charge in [-0.25, -0.2) is 0 Å². The lowest BCUT2D eigenvalue weighted by molar-refractivity contribution is -0.0679. The molecule has 0 aromatic heterocycles. The molecule has 0 aliphatic carbocycles. The fourth-order valence-corrected chi connectivity index (χ4v) is 2.91. The van der Waals surface area contributed by atoms with E-state index in [4.69, 9.17) is 4.74 Å². The second-order valence-electron chi connectivity index (χ2n) is 6.83. The van der Waals surface area contributed by atoms with Crippen molar-refractivity contribution in [1.82, 2.24) is 15.5 Å². The molecule has 2 atom stereocenters. The van der Waals surface area contributed by atoms with E-state index < -0.39 is 0 Å². The Morgan fingerprint density at radius 1 is 1.13 bits per heavy atom. The number of halogens is 1. The lowest BCUT2D eigenvalue weighted by Crippen LogP contribution is -2.46. The third-order valence-electron chi connectivity index (χ3n) is 3.91. The summed E-state index contributed by atoms with van der Waals surface area (Å²) in [4.78, 5) is 6.77. The van der Waals surface area contributed by atoms with E-state index in [1.807, 2.05) is 7.05 Å². The highest BCUT2D eigenvalue weighted by Gasteiger charge is 2.21. The summed E-state index contributed by atoms with van der Waals surface area (Å²) in [6.45, 7) is 14.0. The van der Waals surface area contributed by atoms with Gasteiger partial charge in [0.25, 0.3) is 0 Å². The molecular formula is C17H37IN4O. The summed E-state index contributed by atoms with van der Waals surface area (Å²) in [5.41, 5.74) is 0. The number of ether oxygens (including phenoxy) is 1. The van der Waals surface area contributed by atoms with Gasteiger partial charge in [0.15, 0.2) is 5.96 Å². The van der Waals surface area contributed by atoms with Crippen molar-refractivity contribution in [2.24, 2.45) is 10.9 Å². The van der Waals surface area contributed by atoms with Crippen molar-refractivity contribution in [3.63, 3.8) is 0 Å². The molecule has 1 aliphatic rings. The van der Waals surface area contributed by atoms with Crippen LogP contribution in [0.3, 0.4) is 0 Å². The maximum Gasteiger partial charge on any atom is 0.190 e. The van der Waals surface area contributed by atoms with Gasteiger partial charge in [0.2, 0.25) is 0 Å². The minimum atomic E-state index is 0. The molecule has 0 bridgehead atoms. The fourth-order valence-electron chi connectivity index (χ4n) is 2.91. The van der Waals surface area contributed by atoms with Crippen molar-refractivity contribution in [2.75, 3.05) is 39.8 Å². The third kappa shape index (κ3) is 11.2. The number of aliphatic imine (C=N–C) groups is 1. The summed E-state index contributed by atoms with van der Waals surface area (Å²) < 4.78 is 5.76.